The summed E-state index contributed by atoms with van der Waals surface area (Å²) in [4.78, 5) is 0. The summed E-state index contributed by atoms with van der Waals surface area (Å²) in [7, 11) is 0. The summed E-state index contributed by atoms with van der Waals surface area (Å²) in [5.41, 5.74) is 9.29. The fraction of sp³-hybridized carbons (Fsp3) is 0.0417. The molecule has 0 fully saturated rings. The normalized spacial score (nSPS) is 14.1. The van der Waals surface area contributed by atoms with Crippen molar-refractivity contribution in [3.8, 4) is 11.1 Å². The van der Waals surface area contributed by atoms with E-state index in [2.05, 4.69) is 147 Å². The SMILES string of the molecule is C=C/C=C\C(=C)c1ccccccc(-c2cccc(C3C=c4c(oc5ccc6c(ccc7c8ccccc8oc76)c45)=CC3)c2)c2ccccc12. The molecular weight excluding hydrogens is 609 g/mol. The number of hydrogen-bond acceptors (Lipinski definition) is 2. The molecule has 238 valence electrons. The second kappa shape index (κ2) is 12.3. The predicted octanol–water partition coefficient (Wildman–Crippen LogP) is 11.9. The molecule has 1 atom stereocenters. The monoisotopic (exact) mass is 642 g/mol. The summed E-state index contributed by atoms with van der Waals surface area (Å²) in [5.74, 6) is 0.196. The zero-order chi connectivity index (χ0) is 33.6. The molecule has 0 radical (unpaired) electrons. The topological polar surface area (TPSA) is 26.3 Å². The first-order valence-electron chi connectivity index (χ1n) is 17.1. The Labute approximate surface area is 290 Å². The maximum absolute atomic E-state index is 6.45. The molecule has 2 aromatic heterocycles. The van der Waals surface area contributed by atoms with Crippen LogP contribution in [0.15, 0.2) is 174 Å². The molecular formula is C48H34O2. The van der Waals surface area contributed by atoms with Crippen LogP contribution in [-0.2, 0) is 0 Å². The van der Waals surface area contributed by atoms with Gasteiger partial charge in [-0.2, -0.15) is 0 Å². The third kappa shape index (κ3) is 4.96. The lowest BCUT2D eigenvalue weighted by Crippen LogP contribution is -2.25. The minimum atomic E-state index is 0.196. The van der Waals surface area contributed by atoms with Crippen LogP contribution in [0.4, 0.5) is 0 Å². The maximum Gasteiger partial charge on any atom is 0.143 e. The average Bonchev–Trinajstić information content (AvgIpc) is 3.74. The van der Waals surface area contributed by atoms with E-state index < -0.39 is 0 Å². The quantitative estimate of drug-likeness (QED) is 0.175. The summed E-state index contributed by atoms with van der Waals surface area (Å²) >= 11 is 0. The van der Waals surface area contributed by atoms with Crippen LogP contribution in [0.25, 0.3) is 83.3 Å². The van der Waals surface area contributed by atoms with E-state index in [0.29, 0.717) is 0 Å². The molecule has 0 spiro atoms. The summed E-state index contributed by atoms with van der Waals surface area (Å²) in [6, 6.07) is 47.2. The lowest BCUT2D eigenvalue weighted by atomic mass is 9.88. The summed E-state index contributed by atoms with van der Waals surface area (Å²) in [5, 5.41) is 9.13. The molecule has 1 aliphatic carbocycles. The van der Waals surface area contributed by atoms with E-state index in [1.54, 1.807) is 6.08 Å². The second-order valence-electron chi connectivity index (χ2n) is 12.9. The molecule has 0 saturated heterocycles. The van der Waals surface area contributed by atoms with E-state index in [1.807, 2.05) is 24.3 Å². The first kappa shape index (κ1) is 29.7. The van der Waals surface area contributed by atoms with E-state index in [9.17, 15) is 0 Å². The second-order valence-corrected chi connectivity index (χ2v) is 12.9. The van der Waals surface area contributed by atoms with E-state index >= 15 is 0 Å². The zero-order valence-electron chi connectivity index (χ0n) is 27.6. The molecule has 0 amide bonds. The van der Waals surface area contributed by atoms with Crippen LogP contribution >= 0.6 is 0 Å². The fourth-order valence-electron chi connectivity index (χ4n) is 7.59. The lowest BCUT2D eigenvalue weighted by molar-refractivity contribution is 0.570. The van der Waals surface area contributed by atoms with Crippen molar-refractivity contribution in [1.82, 2.24) is 0 Å². The Morgan fingerprint density at radius 3 is 2.26 bits per heavy atom. The standard InChI is InChI=1S/C48H34O2/c1-3-4-14-31(2)35-17-7-5-6-8-18-36(38-20-10-9-19-37(35)38)34-16-13-15-32(29-34)33-23-27-45-43(30-33)47-40-24-25-41-39-21-11-12-22-44(39)50-48(41)42(40)26-28-46(47)49-45/h3-22,24-30,33H,1-2,23H2/b6-5?,7-5?,8-6?,14-4-,17-7?,18-8?,35-17?,36-18?,37-35?,38-36?. The van der Waals surface area contributed by atoms with E-state index in [4.69, 9.17) is 8.83 Å². The van der Waals surface area contributed by atoms with Gasteiger partial charge in [0.25, 0.3) is 0 Å². The Bertz CT molecular complexity index is 2890. The van der Waals surface area contributed by atoms with Crippen molar-refractivity contribution in [1.29, 1.82) is 0 Å². The Morgan fingerprint density at radius 1 is 0.640 bits per heavy atom. The van der Waals surface area contributed by atoms with E-state index in [1.165, 1.54) is 11.1 Å². The highest BCUT2D eigenvalue weighted by Gasteiger charge is 2.19. The number of hydrogen-bond donors (Lipinski definition) is 0. The van der Waals surface area contributed by atoms with Gasteiger partial charge in [-0.1, -0.05) is 147 Å². The molecule has 2 heterocycles. The highest BCUT2D eigenvalue weighted by atomic mass is 16.3. The van der Waals surface area contributed by atoms with Crippen molar-refractivity contribution >= 4 is 72.2 Å². The number of rotatable bonds is 5. The Morgan fingerprint density at radius 2 is 1.38 bits per heavy atom. The molecule has 9 rings (SSSR count). The first-order chi connectivity index (χ1) is 24.7. The molecule has 6 aromatic carbocycles. The largest absolute Gasteiger partial charge is 0.456 e. The molecule has 50 heavy (non-hydrogen) atoms. The molecule has 2 nitrogen and oxygen atoms in total. The van der Waals surface area contributed by atoms with Gasteiger partial charge < -0.3 is 8.83 Å². The Balaban J connectivity index is 1.21. The highest BCUT2D eigenvalue weighted by molar-refractivity contribution is 6.20. The number of furan rings is 2. The lowest BCUT2D eigenvalue weighted by Gasteiger charge is -2.15. The van der Waals surface area contributed by atoms with Crippen molar-refractivity contribution in [3.63, 3.8) is 0 Å². The van der Waals surface area contributed by atoms with Gasteiger partial charge in [-0.3, -0.25) is 0 Å². The maximum atomic E-state index is 6.45. The van der Waals surface area contributed by atoms with Gasteiger partial charge in [-0.25, -0.2) is 0 Å². The minimum Gasteiger partial charge on any atom is -0.456 e. The third-order valence-electron chi connectivity index (χ3n) is 9.95. The van der Waals surface area contributed by atoms with Crippen molar-refractivity contribution < 1.29 is 8.83 Å². The van der Waals surface area contributed by atoms with E-state index in [0.717, 1.165) is 88.2 Å². The van der Waals surface area contributed by atoms with Gasteiger partial charge in [0.15, 0.2) is 0 Å². The smallest absolute Gasteiger partial charge is 0.143 e. The summed E-state index contributed by atoms with van der Waals surface area (Å²) in [6.07, 6.45) is 11.3. The van der Waals surface area contributed by atoms with Crippen LogP contribution < -0.4 is 10.6 Å². The minimum absolute atomic E-state index is 0.196. The Kier molecular flexibility index (Phi) is 7.29. The number of fused-ring (bicyclic) bond motifs is 10. The number of benzene rings is 5. The Hall–Kier alpha value is -6.38. The van der Waals surface area contributed by atoms with E-state index in [-0.39, 0.29) is 5.92 Å². The van der Waals surface area contributed by atoms with Crippen LogP contribution in [0.5, 0.6) is 0 Å². The number of allylic oxidation sites excluding steroid dienone is 4. The van der Waals surface area contributed by atoms with Crippen molar-refractivity contribution in [2.75, 3.05) is 0 Å². The van der Waals surface area contributed by atoms with Gasteiger partial charge in [0.05, 0.1) is 0 Å². The van der Waals surface area contributed by atoms with Gasteiger partial charge >= 0.3 is 0 Å². The van der Waals surface area contributed by atoms with Crippen molar-refractivity contribution in [3.05, 3.63) is 187 Å². The van der Waals surface area contributed by atoms with Crippen LogP contribution in [0, 0.1) is 0 Å². The third-order valence-corrected chi connectivity index (χ3v) is 9.95. The summed E-state index contributed by atoms with van der Waals surface area (Å²) in [6.45, 7) is 8.24. The molecule has 1 unspecified atom stereocenters. The molecule has 0 N–H and O–H groups in total. The molecule has 0 bridgehead atoms. The van der Waals surface area contributed by atoms with Gasteiger partial charge in [-0.15, -0.1) is 0 Å². The molecule has 0 saturated carbocycles. The first-order valence-corrected chi connectivity index (χ1v) is 17.1. The van der Waals surface area contributed by atoms with Crippen LogP contribution in [0.2, 0.25) is 0 Å². The zero-order valence-corrected chi connectivity index (χ0v) is 27.6. The fourth-order valence-corrected chi connectivity index (χ4v) is 7.59. The summed E-state index contributed by atoms with van der Waals surface area (Å²) < 4.78 is 12.9. The average molecular weight is 643 g/mol. The number of para-hydroxylation sites is 1. The van der Waals surface area contributed by atoms with Crippen molar-refractivity contribution in [2.24, 2.45) is 0 Å². The van der Waals surface area contributed by atoms with Crippen LogP contribution in [-0.4, -0.2) is 0 Å². The van der Waals surface area contributed by atoms with Gasteiger partial charge in [-0.05, 0) is 80.7 Å². The molecule has 8 aromatic rings. The highest BCUT2D eigenvalue weighted by Crippen LogP contribution is 2.37. The predicted molar refractivity (Wildman–Crippen MR) is 212 cm³/mol. The molecule has 0 aliphatic heterocycles. The van der Waals surface area contributed by atoms with Gasteiger partial charge in [0.2, 0.25) is 0 Å². The van der Waals surface area contributed by atoms with Gasteiger partial charge in [0.1, 0.15) is 22.2 Å². The molecule has 1 aliphatic rings. The van der Waals surface area contributed by atoms with Crippen LogP contribution in [0.3, 0.4) is 0 Å². The van der Waals surface area contributed by atoms with Gasteiger partial charge in [0, 0.05) is 32.7 Å². The van der Waals surface area contributed by atoms with Crippen LogP contribution in [0.1, 0.15) is 23.5 Å². The molecule has 2 heteroatoms. The van der Waals surface area contributed by atoms with Crippen molar-refractivity contribution in [2.45, 2.75) is 12.3 Å².